The normalized spacial score (nSPS) is 11.6. The summed E-state index contributed by atoms with van der Waals surface area (Å²) in [5.41, 5.74) is 7.14. The maximum Gasteiger partial charge on any atom is 0.328 e. The van der Waals surface area contributed by atoms with Crippen LogP contribution in [0, 0.1) is 6.92 Å². The largest absolute Gasteiger partial charge is 0.480 e. The van der Waals surface area contributed by atoms with E-state index in [0.717, 1.165) is 16.3 Å². The van der Waals surface area contributed by atoms with Gasteiger partial charge in [-0.2, -0.15) is 15.0 Å². The van der Waals surface area contributed by atoms with Crippen LogP contribution in [0.25, 0.3) is 10.8 Å². The lowest BCUT2D eigenvalue weighted by molar-refractivity contribution is -0.138. The van der Waals surface area contributed by atoms with E-state index < -0.39 is 18.0 Å². The molecule has 166 valence electrons. The van der Waals surface area contributed by atoms with E-state index in [0.29, 0.717) is 11.4 Å². The van der Waals surface area contributed by atoms with Crippen molar-refractivity contribution < 1.29 is 19.4 Å². The summed E-state index contributed by atoms with van der Waals surface area (Å²) in [5.74, 6) is -1.39. The van der Waals surface area contributed by atoms with Crippen molar-refractivity contribution in [2.75, 3.05) is 10.6 Å². The Morgan fingerprint density at radius 2 is 1.67 bits per heavy atom. The lowest BCUT2D eigenvalue weighted by Crippen LogP contribution is -2.26. The lowest BCUT2D eigenvalue weighted by Gasteiger charge is -2.12. The van der Waals surface area contributed by atoms with Crippen molar-refractivity contribution in [3.05, 3.63) is 78.1 Å². The van der Waals surface area contributed by atoms with Gasteiger partial charge in [0, 0.05) is 5.69 Å². The fourth-order valence-corrected chi connectivity index (χ4v) is 3.03. The van der Waals surface area contributed by atoms with Crippen LogP contribution in [0.2, 0.25) is 0 Å². The van der Waals surface area contributed by atoms with E-state index >= 15 is 0 Å². The number of aromatic nitrogens is 3. The van der Waals surface area contributed by atoms with Crippen LogP contribution in [0.1, 0.15) is 17.4 Å². The number of carboxylic acids is 1. The molecule has 10 nitrogen and oxygen atoms in total. The fourth-order valence-electron chi connectivity index (χ4n) is 3.03. The van der Waals surface area contributed by atoms with Gasteiger partial charge in [-0.1, -0.05) is 48.5 Å². The molecule has 0 saturated carbocycles. The number of amides is 2. The zero-order valence-electron chi connectivity index (χ0n) is 17.5. The maximum absolute atomic E-state index is 12.5. The minimum atomic E-state index is -1.54. The molecule has 4 aromatic rings. The number of hydrogen-bond donors (Lipinski definition) is 4. The first-order chi connectivity index (χ1) is 15.9. The van der Waals surface area contributed by atoms with Gasteiger partial charge < -0.3 is 20.9 Å². The van der Waals surface area contributed by atoms with Gasteiger partial charge in [-0.05, 0) is 41.5 Å². The van der Waals surface area contributed by atoms with E-state index in [-0.39, 0.29) is 17.8 Å². The topological polar surface area (TPSA) is 152 Å². The minimum Gasteiger partial charge on any atom is -0.480 e. The van der Waals surface area contributed by atoms with Gasteiger partial charge in [0.05, 0.1) is 0 Å². The fraction of sp³-hybridized carbons (Fsp3) is 0.0870. The van der Waals surface area contributed by atoms with Crippen molar-refractivity contribution in [2.45, 2.75) is 13.0 Å². The molecule has 0 aliphatic heterocycles. The Labute approximate surface area is 188 Å². The monoisotopic (exact) mass is 444 g/mol. The summed E-state index contributed by atoms with van der Waals surface area (Å²) in [7, 11) is 0. The predicted octanol–water partition coefficient (Wildman–Crippen LogP) is 3.85. The summed E-state index contributed by atoms with van der Waals surface area (Å²) in [6.07, 6.45) is 0. The number of para-hydroxylation sites is 1. The summed E-state index contributed by atoms with van der Waals surface area (Å²) < 4.78 is 5.73. The molecule has 4 rings (SSSR count). The van der Waals surface area contributed by atoms with E-state index in [1.54, 1.807) is 24.3 Å². The number of aliphatic carboxylic acids is 1. The Balaban J connectivity index is 1.61. The quantitative estimate of drug-likeness (QED) is 0.350. The molecular formula is C23H20N6O4. The first-order valence-electron chi connectivity index (χ1n) is 9.94. The molecule has 0 radical (unpaired) electrons. The van der Waals surface area contributed by atoms with Crippen molar-refractivity contribution in [3.8, 4) is 11.8 Å². The Kier molecular flexibility index (Phi) is 6.09. The van der Waals surface area contributed by atoms with Crippen molar-refractivity contribution in [2.24, 2.45) is 5.73 Å². The second-order valence-electron chi connectivity index (χ2n) is 7.12. The number of benzene rings is 3. The van der Waals surface area contributed by atoms with Crippen molar-refractivity contribution in [1.82, 2.24) is 15.0 Å². The van der Waals surface area contributed by atoms with Gasteiger partial charge in [-0.15, -0.1) is 0 Å². The number of nitrogens with two attached hydrogens (primary N) is 1. The zero-order chi connectivity index (χ0) is 23.4. The third-order valence-electron chi connectivity index (χ3n) is 4.73. The van der Waals surface area contributed by atoms with Gasteiger partial charge in [0.15, 0.2) is 11.9 Å². The number of hydrogen-bond acceptors (Lipinski definition) is 7. The summed E-state index contributed by atoms with van der Waals surface area (Å²) in [5, 5.41) is 16.4. The molecule has 0 aliphatic rings. The number of ether oxygens (including phenoxy) is 1. The molecule has 1 heterocycles. The summed E-state index contributed by atoms with van der Waals surface area (Å²) in [6.45, 7) is 1.85. The Morgan fingerprint density at radius 1 is 0.939 bits per heavy atom. The van der Waals surface area contributed by atoms with Gasteiger partial charge in [-0.25, -0.2) is 4.79 Å². The van der Waals surface area contributed by atoms with Crippen LogP contribution in [0.4, 0.5) is 16.4 Å². The highest BCUT2D eigenvalue weighted by atomic mass is 16.5. The molecule has 0 bridgehead atoms. The molecule has 0 saturated heterocycles. The van der Waals surface area contributed by atoms with Crippen molar-refractivity contribution in [1.29, 1.82) is 0 Å². The smallest absolute Gasteiger partial charge is 0.328 e. The van der Waals surface area contributed by atoms with Crippen LogP contribution in [0.15, 0.2) is 66.7 Å². The third kappa shape index (κ3) is 5.20. The molecule has 3 aromatic carbocycles. The summed E-state index contributed by atoms with van der Waals surface area (Å²) >= 11 is 0. The van der Waals surface area contributed by atoms with E-state index in [2.05, 4.69) is 25.6 Å². The average Bonchev–Trinajstić information content (AvgIpc) is 2.79. The molecule has 0 spiro atoms. The number of carbonyl (C=O) groups is 2. The van der Waals surface area contributed by atoms with Crippen LogP contribution < -0.4 is 21.1 Å². The number of anilines is 2. The molecule has 1 aromatic heterocycles. The standard InChI is InChI=1S/C23H20N6O4/c1-13-6-2-5-9-17(13)25-22(32)28-21-26-19(18(24)20(30)31)27-23(29-21)33-16-11-10-14-7-3-4-8-15(14)12-16/h2-12,18H,24H2,1H3,(H,30,31)(H2,25,26,27,28,29,32). The second kappa shape index (κ2) is 9.28. The number of urea groups is 1. The highest BCUT2D eigenvalue weighted by Crippen LogP contribution is 2.25. The number of fused-ring (bicyclic) bond motifs is 1. The molecule has 2 amide bonds. The number of rotatable bonds is 6. The molecule has 0 fully saturated rings. The predicted molar refractivity (Wildman–Crippen MR) is 122 cm³/mol. The summed E-state index contributed by atoms with van der Waals surface area (Å²) in [6, 6.07) is 17.9. The molecule has 33 heavy (non-hydrogen) atoms. The first kappa shape index (κ1) is 21.7. The van der Waals surface area contributed by atoms with Crippen molar-refractivity contribution in [3.63, 3.8) is 0 Å². The Bertz CT molecular complexity index is 1340. The third-order valence-corrected chi connectivity index (χ3v) is 4.73. The van der Waals surface area contributed by atoms with Crippen LogP contribution in [0.5, 0.6) is 11.8 Å². The van der Waals surface area contributed by atoms with Crippen molar-refractivity contribution >= 4 is 34.4 Å². The average molecular weight is 444 g/mol. The van der Waals surface area contributed by atoms with Gasteiger partial charge in [0.2, 0.25) is 5.95 Å². The van der Waals surface area contributed by atoms with E-state index in [4.69, 9.17) is 10.5 Å². The van der Waals surface area contributed by atoms with Crippen LogP contribution in [-0.4, -0.2) is 32.1 Å². The Morgan fingerprint density at radius 3 is 2.42 bits per heavy atom. The first-order valence-corrected chi connectivity index (χ1v) is 9.94. The number of nitrogens with one attached hydrogen (secondary N) is 2. The van der Waals surface area contributed by atoms with E-state index in [1.165, 1.54) is 0 Å². The molecule has 5 N–H and O–H groups in total. The number of nitrogens with zero attached hydrogens (tertiary/aromatic N) is 3. The molecule has 1 unspecified atom stereocenters. The van der Waals surface area contributed by atoms with Gasteiger partial charge in [0.25, 0.3) is 0 Å². The lowest BCUT2D eigenvalue weighted by atomic mass is 10.1. The molecule has 0 aliphatic carbocycles. The van der Waals surface area contributed by atoms with Gasteiger partial charge in [0.1, 0.15) is 5.75 Å². The number of carboxylic acid groups (broad SMARTS) is 1. The number of carbonyl (C=O) groups excluding carboxylic acids is 1. The highest BCUT2D eigenvalue weighted by molar-refractivity contribution is 5.99. The maximum atomic E-state index is 12.5. The Hall–Kier alpha value is -4.57. The van der Waals surface area contributed by atoms with Crippen LogP contribution in [-0.2, 0) is 4.79 Å². The van der Waals surface area contributed by atoms with Crippen LogP contribution in [0.3, 0.4) is 0 Å². The molecule has 10 heteroatoms. The zero-order valence-corrected chi connectivity index (χ0v) is 17.5. The minimum absolute atomic E-state index is 0.210. The molecular weight excluding hydrogens is 424 g/mol. The highest BCUT2D eigenvalue weighted by Gasteiger charge is 2.21. The number of aryl methyl sites for hydroxylation is 1. The second-order valence-corrected chi connectivity index (χ2v) is 7.12. The van der Waals surface area contributed by atoms with E-state index in [9.17, 15) is 14.7 Å². The van der Waals surface area contributed by atoms with E-state index in [1.807, 2.05) is 49.4 Å². The van der Waals surface area contributed by atoms with Gasteiger partial charge >= 0.3 is 18.0 Å². The van der Waals surface area contributed by atoms with Crippen LogP contribution >= 0.6 is 0 Å². The summed E-state index contributed by atoms with van der Waals surface area (Å²) in [4.78, 5) is 35.9. The SMILES string of the molecule is Cc1ccccc1NC(=O)Nc1nc(Oc2ccc3ccccc3c2)nc(C(N)C(=O)O)n1. The van der Waals surface area contributed by atoms with Gasteiger partial charge in [-0.3, -0.25) is 10.1 Å². The molecule has 1 atom stereocenters.